The second-order valence-corrected chi connectivity index (χ2v) is 17.0. The van der Waals surface area contributed by atoms with Crippen molar-refractivity contribution in [1.29, 1.82) is 0 Å². The van der Waals surface area contributed by atoms with Crippen molar-refractivity contribution in [2.24, 2.45) is 0 Å². The van der Waals surface area contributed by atoms with Crippen LogP contribution in [0.2, 0.25) is 5.04 Å². The van der Waals surface area contributed by atoms with E-state index in [4.69, 9.17) is 18.6 Å². The summed E-state index contributed by atoms with van der Waals surface area (Å²) in [5, 5.41) is 23.0. The molecule has 0 bridgehead atoms. The van der Waals surface area contributed by atoms with E-state index >= 15 is 0 Å². The second kappa shape index (κ2) is 15.2. The molecular weight excluding hydrogens is 556 g/mol. The molecule has 0 unspecified atom stereocenters. The van der Waals surface area contributed by atoms with Gasteiger partial charge in [-0.05, 0) is 53.9 Å². The summed E-state index contributed by atoms with van der Waals surface area (Å²) in [5.74, 6) is 1.29. The van der Waals surface area contributed by atoms with Crippen LogP contribution in [0.25, 0.3) is 0 Å². The maximum atomic E-state index is 11.3. The largest absolute Gasteiger partial charge is 0.487 e. The molecule has 0 heterocycles. The standard InChI is InChI=1S/C36H50O6Si/c1-27(16-15-22-37)31-25-32(40-26-39-8)28(2)24-33(31)42-34(36(6,7)38)21-23-41-43(35(3,4)5,29-17-11-9-12-18-29)30-19-13-10-14-20-30/h9-20,24-25,27,34,37-38H,21-23,26H2,1-8H3/b16-15+/t27-,34-/m1/s1. The van der Waals surface area contributed by atoms with Gasteiger partial charge in [0.15, 0.2) is 6.79 Å². The Morgan fingerprint density at radius 2 is 1.47 bits per heavy atom. The smallest absolute Gasteiger partial charge is 0.261 e. The van der Waals surface area contributed by atoms with Gasteiger partial charge in [-0.3, -0.25) is 0 Å². The van der Waals surface area contributed by atoms with E-state index in [9.17, 15) is 10.2 Å². The van der Waals surface area contributed by atoms with Crippen LogP contribution in [0.4, 0.5) is 0 Å². The fourth-order valence-electron chi connectivity index (χ4n) is 5.57. The summed E-state index contributed by atoms with van der Waals surface area (Å²) in [6.45, 7) is 14.8. The summed E-state index contributed by atoms with van der Waals surface area (Å²) in [4.78, 5) is 0. The zero-order valence-electron chi connectivity index (χ0n) is 27.1. The fourth-order valence-corrected chi connectivity index (χ4v) is 10.2. The molecule has 0 aromatic heterocycles. The third kappa shape index (κ3) is 8.58. The van der Waals surface area contributed by atoms with Gasteiger partial charge < -0.3 is 28.8 Å². The van der Waals surface area contributed by atoms with Gasteiger partial charge in [-0.2, -0.15) is 0 Å². The number of aliphatic hydroxyl groups excluding tert-OH is 1. The monoisotopic (exact) mass is 606 g/mol. The average molecular weight is 607 g/mol. The van der Waals surface area contributed by atoms with E-state index in [1.54, 1.807) is 27.0 Å². The Labute approximate surface area is 259 Å². The summed E-state index contributed by atoms with van der Waals surface area (Å²) in [6.07, 6.45) is 3.58. The number of allylic oxidation sites excluding steroid dienone is 1. The maximum absolute atomic E-state index is 11.3. The molecule has 0 amide bonds. The highest BCUT2D eigenvalue weighted by atomic mass is 28.4. The van der Waals surface area contributed by atoms with Crippen molar-refractivity contribution in [3.8, 4) is 11.5 Å². The molecule has 2 N–H and O–H groups in total. The van der Waals surface area contributed by atoms with Crippen LogP contribution >= 0.6 is 0 Å². The van der Waals surface area contributed by atoms with Crippen LogP contribution in [0.1, 0.15) is 65.0 Å². The second-order valence-electron chi connectivity index (χ2n) is 12.7. The Balaban J connectivity index is 1.98. The van der Waals surface area contributed by atoms with E-state index in [-0.39, 0.29) is 24.4 Å². The highest BCUT2D eigenvalue weighted by Crippen LogP contribution is 2.38. The Bertz CT molecular complexity index is 1260. The van der Waals surface area contributed by atoms with Gasteiger partial charge in [0.1, 0.15) is 17.6 Å². The van der Waals surface area contributed by atoms with Crippen molar-refractivity contribution in [2.75, 3.05) is 27.1 Å². The molecule has 0 aliphatic rings. The first-order valence-corrected chi connectivity index (χ1v) is 16.9. The van der Waals surface area contributed by atoms with E-state index < -0.39 is 20.0 Å². The van der Waals surface area contributed by atoms with Crippen LogP contribution < -0.4 is 19.8 Å². The lowest BCUT2D eigenvalue weighted by Gasteiger charge is -2.43. The number of rotatable bonds is 15. The van der Waals surface area contributed by atoms with E-state index in [0.717, 1.165) is 11.1 Å². The first kappa shape index (κ1) is 34.5. The Hall–Kier alpha value is -2.94. The highest BCUT2D eigenvalue weighted by molar-refractivity contribution is 6.99. The van der Waals surface area contributed by atoms with Gasteiger partial charge >= 0.3 is 0 Å². The third-order valence-corrected chi connectivity index (χ3v) is 12.9. The van der Waals surface area contributed by atoms with E-state index in [0.29, 0.717) is 24.5 Å². The zero-order valence-corrected chi connectivity index (χ0v) is 28.1. The molecule has 3 rings (SSSR count). The number of hydrogen-bond donors (Lipinski definition) is 2. The van der Waals surface area contributed by atoms with Crippen LogP contribution in [-0.2, 0) is 9.16 Å². The van der Waals surface area contributed by atoms with Crippen LogP contribution in [0.5, 0.6) is 11.5 Å². The van der Waals surface area contributed by atoms with E-state index in [2.05, 4.69) is 69.3 Å². The molecule has 0 aliphatic carbocycles. The molecule has 0 aliphatic heterocycles. The number of aryl methyl sites for hydroxylation is 1. The highest BCUT2D eigenvalue weighted by Gasteiger charge is 2.50. The molecule has 6 nitrogen and oxygen atoms in total. The zero-order chi connectivity index (χ0) is 31.7. The molecular formula is C36H50O6Si. The van der Waals surface area contributed by atoms with E-state index in [1.165, 1.54) is 10.4 Å². The Morgan fingerprint density at radius 3 is 1.95 bits per heavy atom. The molecule has 7 heteroatoms. The molecule has 0 saturated heterocycles. The van der Waals surface area contributed by atoms with Gasteiger partial charge in [-0.1, -0.05) is 101 Å². The summed E-state index contributed by atoms with van der Waals surface area (Å²) in [5.41, 5.74) is 0.644. The Kier molecular flexibility index (Phi) is 12.2. The SMILES string of the molecule is COCOc1cc([C@H](C)/C=C/CO)c(O[C@H](CCO[Si](c2ccccc2)(c2ccccc2)C(C)(C)C)C(C)(C)O)cc1C. The minimum atomic E-state index is -2.74. The van der Waals surface area contributed by atoms with Crippen LogP contribution in [-0.4, -0.2) is 57.4 Å². The number of hydrogen-bond acceptors (Lipinski definition) is 6. The summed E-state index contributed by atoms with van der Waals surface area (Å²) >= 11 is 0. The van der Waals surface area contributed by atoms with Gasteiger partial charge in [0, 0.05) is 31.6 Å². The minimum absolute atomic E-state index is 0.0503. The molecule has 2 atom stereocenters. The lowest BCUT2D eigenvalue weighted by Crippen LogP contribution is -2.66. The molecule has 43 heavy (non-hydrogen) atoms. The maximum Gasteiger partial charge on any atom is 0.261 e. The normalized spacial score (nSPS) is 14.1. The van der Waals surface area contributed by atoms with Gasteiger partial charge in [0.05, 0.1) is 12.2 Å². The number of aliphatic hydroxyl groups is 2. The molecule has 234 valence electrons. The van der Waals surface area contributed by atoms with Crippen LogP contribution in [0.15, 0.2) is 84.9 Å². The number of ether oxygens (including phenoxy) is 3. The molecule has 0 saturated carbocycles. The minimum Gasteiger partial charge on any atom is -0.487 e. The molecule has 3 aromatic carbocycles. The van der Waals surface area contributed by atoms with Crippen molar-refractivity contribution in [2.45, 2.75) is 77.5 Å². The van der Waals surface area contributed by atoms with Gasteiger partial charge in [0.2, 0.25) is 0 Å². The number of methoxy groups -OCH3 is 1. The van der Waals surface area contributed by atoms with Crippen molar-refractivity contribution in [1.82, 2.24) is 0 Å². The Morgan fingerprint density at radius 1 is 0.884 bits per heavy atom. The topological polar surface area (TPSA) is 77.4 Å². The van der Waals surface area contributed by atoms with E-state index in [1.807, 2.05) is 44.2 Å². The predicted molar refractivity (Wildman–Crippen MR) is 177 cm³/mol. The lowest BCUT2D eigenvalue weighted by atomic mass is 9.96. The molecule has 0 radical (unpaired) electrons. The van der Waals surface area contributed by atoms with Crippen LogP contribution in [0.3, 0.4) is 0 Å². The molecule has 0 fully saturated rings. The molecule has 0 spiro atoms. The molecule has 3 aromatic rings. The van der Waals surface area contributed by atoms with Crippen molar-refractivity contribution >= 4 is 18.7 Å². The average Bonchev–Trinajstić information content (AvgIpc) is 2.96. The fraction of sp³-hybridized carbons (Fsp3) is 0.444. The van der Waals surface area contributed by atoms with Gasteiger partial charge in [0.25, 0.3) is 8.32 Å². The van der Waals surface area contributed by atoms with Crippen molar-refractivity contribution in [3.63, 3.8) is 0 Å². The van der Waals surface area contributed by atoms with Crippen molar-refractivity contribution < 1.29 is 28.8 Å². The van der Waals surface area contributed by atoms with Crippen molar-refractivity contribution in [3.05, 3.63) is 96.1 Å². The first-order chi connectivity index (χ1) is 20.3. The summed E-state index contributed by atoms with van der Waals surface area (Å²) in [7, 11) is -1.15. The summed E-state index contributed by atoms with van der Waals surface area (Å²) in [6, 6.07) is 25.0. The van der Waals surface area contributed by atoms with Gasteiger partial charge in [-0.25, -0.2) is 0 Å². The quantitative estimate of drug-likeness (QED) is 0.123. The first-order valence-electron chi connectivity index (χ1n) is 15.0. The number of benzene rings is 3. The third-order valence-electron chi connectivity index (χ3n) is 7.83. The van der Waals surface area contributed by atoms with Crippen LogP contribution in [0, 0.1) is 6.92 Å². The summed E-state index contributed by atoms with van der Waals surface area (Å²) < 4.78 is 24.7. The predicted octanol–water partition coefficient (Wildman–Crippen LogP) is 6.11. The lowest BCUT2D eigenvalue weighted by molar-refractivity contribution is -0.0427. The van der Waals surface area contributed by atoms with Gasteiger partial charge in [-0.15, -0.1) is 0 Å².